The minimum atomic E-state index is -0.558. The fourth-order valence-corrected chi connectivity index (χ4v) is 4.02. The van der Waals surface area contributed by atoms with Gasteiger partial charge in [0.15, 0.2) is 12.4 Å². The van der Waals surface area contributed by atoms with Gasteiger partial charge in [0.1, 0.15) is 5.76 Å². The van der Waals surface area contributed by atoms with Gasteiger partial charge in [0.25, 0.3) is 5.91 Å². The zero-order valence-electron chi connectivity index (χ0n) is 16.4. The number of nitrogens with one attached hydrogen (secondary N) is 2. The highest BCUT2D eigenvalue weighted by atomic mass is 32.2. The van der Waals surface area contributed by atoms with Crippen LogP contribution in [-0.4, -0.2) is 28.3 Å². The molecule has 2 heterocycles. The normalized spacial score (nSPS) is 18.6. The minimum absolute atomic E-state index is 0.0602. The van der Waals surface area contributed by atoms with Crippen LogP contribution in [0.5, 0.6) is 0 Å². The molecule has 0 saturated heterocycles. The zero-order chi connectivity index (χ0) is 20.4. The average molecular weight is 409 g/mol. The van der Waals surface area contributed by atoms with Gasteiger partial charge in [-0.1, -0.05) is 57.2 Å². The standard InChI is InChI=1S/C20H28N2O5S/c1-3-4-5-6-7-8-11-20(2)16(13-18(24)28-20)27-14-17(23)21-22-19(25)15-10-9-12-26-15/h9-10,12-13H,3-8,11,14H2,1-2H3,(H,21,23)(H,22,25)/t20-/m1/s1. The van der Waals surface area contributed by atoms with Crippen molar-refractivity contribution in [2.24, 2.45) is 0 Å². The first-order valence-corrected chi connectivity index (χ1v) is 10.5. The van der Waals surface area contributed by atoms with Gasteiger partial charge >= 0.3 is 5.91 Å². The van der Waals surface area contributed by atoms with Gasteiger partial charge in [-0.05, 0) is 25.5 Å². The van der Waals surface area contributed by atoms with Crippen LogP contribution >= 0.6 is 11.8 Å². The molecule has 0 saturated carbocycles. The number of hydrazine groups is 1. The number of hydrogen-bond acceptors (Lipinski definition) is 6. The van der Waals surface area contributed by atoms with Gasteiger partial charge < -0.3 is 9.15 Å². The number of ether oxygens (including phenoxy) is 1. The van der Waals surface area contributed by atoms with E-state index in [0.717, 1.165) is 19.3 Å². The monoisotopic (exact) mass is 408 g/mol. The molecule has 2 amide bonds. The Kier molecular flexibility index (Phi) is 8.63. The molecular weight excluding hydrogens is 380 g/mol. The summed E-state index contributed by atoms with van der Waals surface area (Å²) in [6.07, 6.45) is 10.7. The Morgan fingerprint density at radius 2 is 1.93 bits per heavy atom. The van der Waals surface area contributed by atoms with E-state index in [1.54, 1.807) is 6.07 Å². The van der Waals surface area contributed by atoms with E-state index >= 15 is 0 Å². The van der Waals surface area contributed by atoms with E-state index in [-0.39, 0.29) is 17.5 Å². The number of amides is 2. The molecule has 1 aliphatic heterocycles. The molecule has 0 unspecified atom stereocenters. The molecule has 1 atom stereocenters. The Balaban J connectivity index is 1.74. The first-order valence-electron chi connectivity index (χ1n) is 9.65. The second kappa shape index (κ2) is 10.9. The number of hydrogen-bond donors (Lipinski definition) is 2. The molecule has 7 nitrogen and oxygen atoms in total. The Morgan fingerprint density at radius 3 is 2.64 bits per heavy atom. The van der Waals surface area contributed by atoms with Crippen molar-refractivity contribution >= 4 is 28.7 Å². The van der Waals surface area contributed by atoms with Crippen molar-refractivity contribution < 1.29 is 23.5 Å². The quantitative estimate of drug-likeness (QED) is 0.428. The molecule has 2 N–H and O–H groups in total. The number of carbonyl (C=O) groups is 3. The Bertz CT molecular complexity index is 701. The maximum Gasteiger partial charge on any atom is 0.305 e. The second-order valence-electron chi connectivity index (χ2n) is 6.95. The number of furan rings is 1. The van der Waals surface area contributed by atoms with Crippen LogP contribution in [0.25, 0.3) is 0 Å². The van der Waals surface area contributed by atoms with Crippen LogP contribution in [0.1, 0.15) is 69.3 Å². The summed E-state index contributed by atoms with van der Waals surface area (Å²) in [5, 5.41) is -0.0602. The molecule has 28 heavy (non-hydrogen) atoms. The van der Waals surface area contributed by atoms with Crippen molar-refractivity contribution in [3.8, 4) is 0 Å². The number of unbranched alkanes of at least 4 members (excludes halogenated alkanes) is 5. The Hall–Kier alpha value is -2.22. The summed E-state index contributed by atoms with van der Waals surface area (Å²) >= 11 is 1.24. The van der Waals surface area contributed by atoms with Crippen molar-refractivity contribution in [3.63, 3.8) is 0 Å². The van der Waals surface area contributed by atoms with Crippen LogP contribution in [0.15, 0.2) is 34.6 Å². The molecule has 1 aliphatic rings. The summed E-state index contributed by atoms with van der Waals surface area (Å²) in [6, 6.07) is 3.06. The van der Waals surface area contributed by atoms with E-state index in [4.69, 9.17) is 9.15 Å². The van der Waals surface area contributed by atoms with Gasteiger partial charge in [-0.25, -0.2) is 0 Å². The molecule has 154 valence electrons. The van der Waals surface area contributed by atoms with E-state index in [0.29, 0.717) is 5.76 Å². The third-order valence-corrected chi connectivity index (χ3v) is 5.70. The van der Waals surface area contributed by atoms with Gasteiger partial charge in [0, 0.05) is 6.08 Å². The molecule has 0 radical (unpaired) electrons. The molecule has 2 rings (SSSR count). The van der Waals surface area contributed by atoms with E-state index in [1.807, 2.05) is 6.92 Å². The molecule has 0 bridgehead atoms. The lowest BCUT2D eigenvalue weighted by Gasteiger charge is -2.26. The molecule has 0 fully saturated rings. The van der Waals surface area contributed by atoms with Gasteiger partial charge in [-0.2, -0.15) is 0 Å². The van der Waals surface area contributed by atoms with Crippen molar-refractivity contribution in [1.29, 1.82) is 0 Å². The van der Waals surface area contributed by atoms with Crippen molar-refractivity contribution in [2.45, 2.75) is 63.5 Å². The van der Waals surface area contributed by atoms with Gasteiger partial charge in [0.2, 0.25) is 5.12 Å². The summed E-state index contributed by atoms with van der Waals surface area (Å²) < 4.78 is 10.1. The van der Waals surface area contributed by atoms with Crippen LogP contribution in [0, 0.1) is 0 Å². The molecule has 0 aromatic carbocycles. The predicted octanol–water partition coefficient (Wildman–Crippen LogP) is 3.72. The van der Waals surface area contributed by atoms with Gasteiger partial charge in [-0.3, -0.25) is 25.2 Å². The number of thioether (sulfide) groups is 1. The molecule has 1 aromatic heterocycles. The number of carbonyl (C=O) groups excluding carboxylic acids is 3. The summed E-state index contributed by atoms with van der Waals surface area (Å²) in [4.78, 5) is 35.5. The molecular formula is C20H28N2O5S. The Labute approximate surface area is 169 Å². The highest BCUT2D eigenvalue weighted by Crippen LogP contribution is 2.43. The topological polar surface area (TPSA) is 97.6 Å². The SMILES string of the molecule is CCCCCCCC[C@@]1(C)SC(=O)C=C1OCC(=O)NNC(=O)c1ccco1. The largest absolute Gasteiger partial charge is 0.486 e. The number of rotatable bonds is 11. The fourth-order valence-electron chi connectivity index (χ4n) is 2.95. The van der Waals surface area contributed by atoms with Crippen LogP contribution < -0.4 is 10.9 Å². The molecule has 0 aliphatic carbocycles. The molecule has 8 heteroatoms. The molecule has 0 spiro atoms. The lowest BCUT2D eigenvalue weighted by molar-refractivity contribution is -0.125. The lowest BCUT2D eigenvalue weighted by atomic mass is 9.99. The van der Waals surface area contributed by atoms with Crippen molar-refractivity contribution in [1.82, 2.24) is 10.9 Å². The van der Waals surface area contributed by atoms with Crippen LogP contribution in [0.3, 0.4) is 0 Å². The second-order valence-corrected chi connectivity index (χ2v) is 8.45. The van der Waals surface area contributed by atoms with E-state index in [2.05, 4.69) is 17.8 Å². The maximum absolute atomic E-state index is 11.9. The van der Waals surface area contributed by atoms with Gasteiger partial charge in [0.05, 0.1) is 11.0 Å². The highest BCUT2D eigenvalue weighted by molar-refractivity contribution is 8.15. The van der Waals surface area contributed by atoms with Crippen LogP contribution in [0.4, 0.5) is 0 Å². The van der Waals surface area contributed by atoms with E-state index < -0.39 is 16.6 Å². The van der Waals surface area contributed by atoms with E-state index in [9.17, 15) is 14.4 Å². The summed E-state index contributed by atoms with van der Waals surface area (Å²) in [5.74, 6) is -0.471. The van der Waals surface area contributed by atoms with Crippen LogP contribution in [0.2, 0.25) is 0 Å². The highest BCUT2D eigenvalue weighted by Gasteiger charge is 2.39. The minimum Gasteiger partial charge on any atom is -0.486 e. The first kappa shape index (κ1) is 22.1. The third kappa shape index (κ3) is 6.74. The predicted molar refractivity (Wildman–Crippen MR) is 107 cm³/mol. The lowest BCUT2D eigenvalue weighted by Crippen LogP contribution is -2.43. The maximum atomic E-state index is 11.9. The summed E-state index contributed by atoms with van der Waals surface area (Å²) in [6.45, 7) is 3.87. The third-order valence-electron chi connectivity index (χ3n) is 4.52. The first-order chi connectivity index (χ1) is 13.4. The van der Waals surface area contributed by atoms with Crippen LogP contribution in [-0.2, 0) is 14.3 Å². The Morgan fingerprint density at radius 1 is 1.18 bits per heavy atom. The summed E-state index contributed by atoms with van der Waals surface area (Å²) in [7, 11) is 0. The summed E-state index contributed by atoms with van der Waals surface area (Å²) in [5.41, 5.74) is 4.51. The van der Waals surface area contributed by atoms with Gasteiger partial charge in [-0.15, -0.1) is 0 Å². The average Bonchev–Trinajstić information content (AvgIpc) is 3.29. The van der Waals surface area contributed by atoms with Crippen molar-refractivity contribution in [3.05, 3.63) is 36.0 Å². The van der Waals surface area contributed by atoms with E-state index in [1.165, 1.54) is 55.9 Å². The smallest absolute Gasteiger partial charge is 0.305 e. The zero-order valence-corrected chi connectivity index (χ0v) is 17.2. The molecule has 1 aromatic rings. The fraction of sp³-hybridized carbons (Fsp3) is 0.550. The van der Waals surface area contributed by atoms with Crippen molar-refractivity contribution in [2.75, 3.05) is 6.61 Å².